The molecule has 1 saturated heterocycles. The van der Waals surface area contributed by atoms with E-state index in [0.29, 0.717) is 12.5 Å². The van der Waals surface area contributed by atoms with E-state index in [-0.39, 0.29) is 24.0 Å². The maximum atomic E-state index is 13.8. The van der Waals surface area contributed by atoms with Crippen molar-refractivity contribution >= 4 is 5.96 Å². The number of rotatable bonds is 6. The van der Waals surface area contributed by atoms with E-state index in [1.807, 2.05) is 19.1 Å². The Hall–Kier alpha value is -2.54. The summed E-state index contributed by atoms with van der Waals surface area (Å²) in [5.74, 6) is -0.540. The predicted octanol–water partition coefficient (Wildman–Crippen LogP) is 3.82. The molecule has 0 unspecified atom stereocenters. The fraction of sp³-hybridized carbons (Fsp3) is 0.409. The van der Waals surface area contributed by atoms with Crippen molar-refractivity contribution in [2.24, 2.45) is 4.99 Å². The SMILES string of the molecule is CCNC(=NCc1cc(F)ccc1F)NC1CCN(Cc2ccc(F)cc2)CC1. The zero-order chi connectivity index (χ0) is 20.6. The van der Waals surface area contributed by atoms with Crippen LogP contribution in [-0.2, 0) is 13.1 Å². The molecular formula is C22H27F3N4. The average Bonchev–Trinajstić information content (AvgIpc) is 2.72. The van der Waals surface area contributed by atoms with Crippen LogP contribution in [0.1, 0.15) is 30.9 Å². The summed E-state index contributed by atoms with van der Waals surface area (Å²) in [5.41, 5.74) is 1.33. The highest BCUT2D eigenvalue weighted by molar-refractivity contribution is 5.80. The first-order chi connectivity index (χ1) is 14.0. The van der Waals surface area contributed by atoms with Gasteiger partial charge in [-0.1, -0.05) is 12.1 Å². The Morgan fingerprint density at radius 1 is 1.03 bits per heavy atom. The van der Waals surface area contributed by atoms with E-state index in [2.05, 4.69) is 20.5 Å². The van der Waals surface area contributed by atoms with Crippen LogP contribution in [0.2, 0.25) is 0 Å². The van der Waals surface area contributed by atoms with E-state index < -0.39 is 11.6 Å². The van der Waals surface area contributed by atoms with Gasteiger partial charge in [-0.15, -0.1) is 0 Å². The molecule has 0 atom stereocenters. The van der Waals surface area contributed by atoms with Crippen LogP contribution in [0.25, 0.3) is 0 Å². The summed E-state index contributed by atoms with van der Waals surface area (Å²) < 4.78 is 40.2. The van der Waals surface area contributed by atoms with Gasteiger partial charge in [-0.25, -0.2) is 18.2 Å². The molecule has 4 nitrogen and oxygen atoms in total. The number of halogens is 3. The highest BCUT2D eigenvalue weighted by Crippen LogP contribution is 2.15. The fourth-order valence-electron chi connectivity index (χ4n) is 3.43. The Morgan fingerprint density at radius 3 is 2.41 bits per heavy atom. The molecule has 0 aromatic heterocycles. The summed E-state index contributed by atoms with van der Waals surface area (Å²) in [6, 6.07) is 10.3. The molecule has 1 aliphatic rings. The number of aliphatic imine (C=N–C) groups is 1. The van der Waals surface area contributed by atoms with Crippen LogP contribution in [-0.4, -0.2) is 36.5 Å². The van der Waals surface area contributed by atoms with Gasteiger partial charge in [0.2, 0.25) is 0 Å². The van der Waals surface area contributed by atoms with Crippen LogP contribution >= 0.6 is 0 Å². The lowest BCUT2D eigenvalue weighted by Gasteiger charge is -2.33. The highest BCUT2D eigenvalue weighted by atomic mass is 19.1. The lowest BCUT2D eigenvalue weighted by molar-refractivity contribution is 0.198. The molecule has 0 aliphatic carbocycles. The summed E-state index contributed by atoms with van der Waals surface area (Å²) in [6.45, 7) is 5.37. The first kappa shape index (κ1) is 21.2. The number of nitrogens with zero attached hydrogens (tertiary/aromatic N) is 2. The Balaban J connectivity index is 1.52. The molecule has 0 saturated carbocycles. The second kappa shape index (κ2) is 10.3. The monoisotopic (exact) mass is 404 g/mol. The molecule has 2 aromatic carbocycles. The van der Waals surface area contributed by atoms with Gasteiger partial charge in [0.15, 0.2) is 5.96 Å². The summed E-state index contributed by atoms with van der Waals surface area (Å²) in [6.07, 6.45) is 1.89. The maximum Gasteiger partial charge on any atom is 0.191 e. The minimum atomic E-state index is -0.469. The van der Waals surface area contributed by atoms with E-state index in [4.69, 9.17) is 0 Å². The normalized spacial score (nSPS) is 16.1. The second-order valence-electron chi connectivity index (χ2n) is 7.25. The topological polar surface area (TPSA) is 39.7 Å². The Kier molecular flexibility index (Phi) is 7.52. The van der Waals surface area contributed by atoms with Gasteiger partial charge in [-0.3, -0.25) is 4.90 Å². The van der Waals surface area contributed by atoms with Crippen molar-refractivity contribution in [1.29, 1.82) is 0 Å². The number of hydrogen-bond donors (Lipinski definition) is 2. The van der Waals surface area contributed by atoms with Gasteiger partial charge in [-0.2, -0.15) is 0 Å². The average molecular weight is 404 g/mol. The molecule has 3 rings (SSSR count). The molecule has 1 fully saturated rings. The predicted molar refractivity (Wildman–Crippen MR) is 109 cm³/mol. The van der Waals surface area contributed by atoms with Gasteiger partial charge in [0.25, 0.3) is 0 Å². The first-order valence-corrected chi connectivity index (χ1v) is 9.99. The lowest BCUT2D eigenvalue weighted by Crippen LogP contribution is -2.48. The Morgan fingerprint density at radius 2 is 1.72 bits per heavy atom. The van der Waals surface area contributed by atoms with Crippen molar-refractivity contribution in [2.75, 3.05) is 19.6 Å². The van der Waals surface area contributed by atoms with Crippen LogP contribution in [0.5, 0.6) is 0 Å². The number of benzene rings is 2. The van der Waals surface area contributed by atoms with Crippen LogP contribution in [0.15, 0.2) is 47.5 Å². The minimum Gasteiger partial charge on any atom is -0.357 e. The summed E-state index contributed by atoms with van der Waals surface area (Å²) in [7, 11) is 0. The van der Waals surface area contributed by atoms with Crippen molar-refractivity contribution in [3.63, 3.8) is 0 Å². The van der Waals surface area contributed by atoms with E-state index in [0.717, 1.165) is 50.2 Å². The number of likely N-dealkylation sites (tertiary alicyclic amines) is 1. The maximum absolute atomic E-state index is 13.8. The molecule has 156 valence electrons. The fourth-order valence-corrected chi connectivity index (χ4v) is 3.43. The molecule has 0 spiro atoms. The highest BCUT2D eigenvalue weighted by Gasteiger charge is 2.20. The smallest absolute Gasteiger partial charge is 0.191 e. The molecular weight excluding hydrogens is 377 g/mol. The van der Waals surface area contributed by atoms with Crippen LogP contribution < -0.4 is 10.6 Å². The van der Waals surface area contributed by atoms with Gasteiger partial charge in [0, 0.05) is 37.8 Å². The van der Waals surface area contributed by atoms with Crippen molar-refractivity contribution in [3.8, 4) is 0 Å². The standard InChI is InChI=1S/C22H27F3N4/c1-2-26-22(27-14-17-13-19(24)7-8-21(17)25)28-20-9-11-29(12-10-20)15-16-3-5-18(23)6-4-16/h3-8,13,20H,2,9-12,14-15H2,1H3,(H2,26,27,28). The van der Waals surface area contributed by atoms with E-state index >= 15 is 0 Å². The van der Waals surface area contributed by atoms with Gasteiger partial charge in [0.05, 0.1) is 6.54 Å². The Bertz CT molecular complexity index is 815. The van der Waals surface area contributed by atoms with Crippen LogP contribution in [0.3, 0.4) is 0 Å². The minimum absolute atomic E-state index is 0.0718. The summed E-state index contributed by atoms with van der Waals surface area (Å²) in [5, 5.41) is 6.56. The van der Waals surface area contributed by atoms with Gasteiger partial charge in [0.1, 0.15) is 17.5 Å². The third-order valence-corrected chi connectivity index (χ3v) is 5.01. The molecule has 0 amide bonds. The molecule has 29 heavy (non-hydrogen) atoms. The Labute approximate surface area is 169 Å². The van der Waals surface area contributed by atoms with E-state index in [1.165, 1.54) is 18.2 Å². The molecule has 0 bridgehead atoms. The molecule has 2 aromatic rings. The number of nitrogens with one attached hydrogen (secondary N) is 2. The molecule has 0 radical (unpaired) electrons. The van der Waals surface area contributed by atoms with Crippen molar-refractivity contribution < 1.29 is 13.2 Å². The third-order valence-electron chi connectivity index (χ3n) is 5.01. The molecule has 1 heterocycles. The van der Waals surface area contributed by atoms with Crippen LogP contribution in [0.4, 0.5) is 13.2 Å². The van der Waals surface area contributed by atoms with E-state index in [1.54, 1.807) is 0 Å². The zero-order valence-corrected chi connectivity index (χ0v) is 16.6. The van der Waals surface area contributed by atoms with Crippen molar-refractivity contribution in [1.82, 2.24) is 15.5 Å². The zero-order valence-electron chi connectivity index (χ0n) is 16.6. The molecule has 7 heteroatoms. The number of guanidine groups is 1. The molecule has 2 N–H and O–H groups in total. The summed E-state index contributed by atoms with van der Waals surface area (Å²) >= 11 is 0. The summed E-state index contributed by atoms with van der Waals surface area (Å²) in [4.78, 5) is 6.76. The van der Waals surface area contributed by atoms with E-state index in [9.17, 15) is 13.2 Å². The van der Waals surface area contributed by atoms with Gasteiger partial charge < -0.3 is 10.6 Å². The number of hydrogen-bond acceptors (Lipinski definition) is 2. The number of piperidine rings is 1. The van der Waals surface area contributed by atoms with Crippen LogP contribution in [0, 0.1) is 17.5 Å². The lowest BCUT2D eigenvalue weighted by atomic mass is 10.0. The second-order valence-corrected chi connectivity index (χ2v) is 7.25. The quantitative estimate of drug-likeness (QED) is 0.568. The van der Waals surface area contributed by atoms with Crippen molar-refractivity contribution in [2.45, 2.75) is 38.9 Å². The van der Waals surface area contributed by atoms with Gasteiger partial charge >= 0.3 is 0 Å². The van der Waals surface area contributed by atoms with Gasteiger partial charge in [-0.05, 0) is 55.7 Å². The first-order valence-electron chi connectivity index (χ1n) is 9.99. The molecule has 1 aliphatic heterocycles. The third kappa shape index (κ3) is 6.49. The van der Waals surface area contributed by atoms with Crippen molar-refractivity contribution in [3.05, 3.63) is 71.0 Å². The largest absolute Gasteiger partial charge is 0.357 e.